The first kappa shape index (κ1) is 16.0. The van der Waals surface area contributed by atoms with Crippen molar-refractivity contribution >= 4 is 11.9 Å². The first-order valence-electron chi connectivity index (χ1n) is 7.53. The SMILES string of the molecule is NC(C(=O)O)C(CC(=O)O)Oc1ccc2c(c1)Cc1ccccc1-2. The number of aliphatic carboxylic acids is 2. The molecule has 6 nitrogen and oxygen atoms in total. The van der Waals surface area contributed by atoms with Crippen LogP contribution in [-0.4, -0.2) is 34.3 Å². The van der Waals surface area contributed by atoms with Gasteiger partial charge in [0.05, 0.1) is 6.42 Å². The van der Waals surface area contributed by atoms with E-state index in [1.54, 1.807) is 6.07 Å². The maximum absolute atomic E-state index is 11.1. The van der Waals surface area contributed by atoms with E-state index in [9.17, 15) is 9.59 Å². The molecule has 2 aromatic rings. The Morgan fingerprint density at radius 3 is 2.50 bits per heavy atom. The Labute approximate surface area is 138 Å². The largest absolute Gasteiger partial charge is 0.488 e. The third-order valence-corrected chi connectivity index (χ3v) is 4.11. The highest BCUT2D eigenvalue weighted by atomic mass is 16.5. The second-order valence-corrected chi connectivity index (χ2v) is 5.77. The van der Waals surface area contributed by atoms with Gasteiger partial charge in [0.15, 0.2) is 0 Å². The van der Waals surface area contributed by atoms with Crippen LogP contribution >= 0.6 is 0 Å². The zero-order valence-electron chi connectivity index (χ0n) is 12.8. The molecule has 0 aromatic heterocycles. The minimum atomic E-state index is -1.41. The Morgan fingerprint density at radius 2 is 1.79 bits per heavy atom. The van der Waals surface area contributed by atoms with Crippen LogP contribution in [0.15, 0.2) is 42.5 Å². The molecule has 2 unspecified atom stereocenters. The highest BCUT2D eigenvalue weighted by Crippen LogP contribution is 2.38. The van der Waals surface area contributed by atoms with Crippen LogP contribution in [0.25, 0.3) is 11.1 Å². The van der Waals surface area contributed by atoms with Gasteiger partial charge in [-0.25, -0.2) is 0 Å². The summed E-state index contributed by atoms with van der Waals surface area (Å²) < 4.78 is 5.59. The molecular weight excluding hydrogens is 310 g/mol. The zero-order valence-corrected chi connectivity index (χ0v) is 12.8. The van der Waals surface area contributed by atoms with Gasteiger partial charge in [-0.15, -0.1) is 0 Å². The lowest BCUT2D eigenvalue weighted by Gasteiger charge is -2.21. The van der Waals surface area contributed by atoms with Crippen molar-refractivity contribution in [2.45, 2.75) is 25.0 Å². The van der Waals surface area contributed by atoms with Crippen LogP contribution in [0.2, 0.25) is 0 Å². The van der Waals surface area contributed by atoms with Crippen LogP contribution in [0.1, 0.15) is 17.5 Å². The van der Waals surface area contributed by atoms with Gasteiger partial charge in [0.2, 0.25) is 0 Å². The van der Waals surface area contributed by atoms with Gasteiger partial charge in [-0.2, -0.15) is 0 Å². The number of ether oxygens (including phenoxy) is 1. The first-order valence-corrected chi connectivity index (χ1v) is 7.53. The van der Waals surface area contributed by atoms with Crippen molar-refractivity contribution in [3.63, 3.8) is 0 Å². The lowest BCUT2D eigenvalue weighted by molar-refractivity contribution is -0.143. The van der Waals surface area contributed by atoms with Crippen LogP contribution in [-0.2, 0) is 16.0 Å². The molecule has 0 radical (unpaired) electrons. The fourth-order valence-corrected chi connectivity index (χ4v) is 2.94. The van der Waals surface area contributed by atoms with E-state index in [2.05, 4.69) is 12.1 Å². The quantitative estimate of drug-likeness (QED) is 0.638. The van der Waals surface area contributed by atoms with Gasteiger partial charge < -0.3 is 20.7 Å². The molecule has 1 aliphatic carbocycles. The number of hydrogen-bond acceptors (Lipinski definition) is 4. The summed E-state index contributed by atoms with van der Waals surface area (Å²) in [7, 11) is 0. The average molecular weight is 327 g/mol. The highest BCUT2D eigenvalue weighted by molar-refractivity contribution is 5.78. The third-order valence-electron chi connectivity index (χ3n) is 4.11. The predicted octanol–water partition coefficient (Wildman–Crippen LogP) is 1.89. The van der Waals surface area contributed by atoms with E-state index in [4.69, 9.17) is 20.7 Å². The Morgan fingerprint density at radius 1 is 1.08 bits per heavy atom. The molecule has 0 bridgehead atoms. The fraction of sp³-hybridized carbons (Fsp3) is 0.222. The van der Waals surface area contributed by atoms with Crippen molar-refractivity contribution in [3.8, 4) is 16.9 Å². The van der Waals surface area contributed by atoms with Crippen molar-refractivity contribution in [1.82, 2.24) is 0 Å². The number of carboxylic acids is 2. The summed E-state index contributed by atoms with van der Waals surface area (Å²) in [5.74, 6) is -2.04. The van der Waals surface area contributed by atoms with E-state index in [1.807, 2.05) is 24.3 Å². The lowest BCUT2D eigenvalue weighted by atomic mass is 10.1. The summed E-state index contributed by atoms with van der Waals surface area (Å²) in [5, 5.41) is 18.0. The number of benzene rings is 2. The van der Waals surface area contributed by atoms with Crippen molar-refractivity contribution in [1.29, 1.82) is 0 Å². The molecule has 0 saturated carbocycles. The number of nitrogens with two attached hydrogens (primary N) is 1. The van der Waals surface area contributed by atoms with Gasteiger partial charge in [0.25, 0.3) is 0 Å². The van der Waals surface area contributed by atoms with E-state index in [0.717, 1.165) is 17.5 Å². The molecule has 2 aromatic carbocycles. The predicted molar refractivity (Wildman–Crippen MR) is 87.0 cm³/mol. The summed E-state index contributed by atoms with van der Waals surface area (Å²) in [6, 6.07) is 12.1. The maximum Gasteiger partial charge on any atom is 0.324 e. The second kappa shape index (κ2) is 6.33. The van der Waals surface area contributed by atoms with E-state index >= 15 is 0 Å². The maximum atomic E-state index is 11.1. The fourth-order valence-electron chi connectivity index (χ4n) is 2.94. The van der Waals surface area contributed by atoms with Crippen molar-refractivity contribution in [2.75, 3.05) is 0 Å². The van der Waals surface area contributed by atoms with Gasteiger partial charge in [-0.05, 0) is 40.8 Å². The number of fused-ring (bicyclic) bond motifs is 3. The molecule has 0 fully saturated rings. The second-order valence-electron chi connectivity index (χ2n) is 5.77. The highest BCUT2D eigenvalue weighted by Gasteiger charge is 2.29. The van der Waals surface area contributed by atoms with Crippen molar-refractivity contribution < 1.29 is 24.5 Å². The summed E-state index contributed by atoms with van der Waals surface area (Å²) >= 11 is 0. The average Bonchev–Trinajstić information content (AvgIpc) is 2.90. The molecule has 124 valence electrons. The van der Waals surface area contributed by atoms with Crippen LogP contribution in [0.4, 0.5) is 0 Å². The van der Waals surface area contributed by atoms with Gasteiger partial charge in [0, 0.05) is 0 Å². The van der Waals surface area contributed by atoms with Gasteiger partial charge in [-0.1, -0.05) is 30.3 Å². The topological polar surface area (TPSA) is 110 Å². The van der Waals surface area contributed by atoms with Gasteiger partial charge in [0.1, 0.15) is 17.9 Å². The van der Waals surface area contributed by atoms with Crippen LogP contribution in [0.3, 0.4) is 0 Å². The molecule has 6 heteroatoms. The Kier molecular flexibility index (Phi) is 4.22. The first-order chi connectivity index (χ1) is 11.5. The van der Waals surface area contributed by atoms with Crippen molar-refractivity contribution in [3.05, 3.63) is 53.6 Å². The Hall–Kier alpha value is -2.86. The number of hydrogen-bond donors (Lipinski definition) is 3. The standard InChI is InChI=1S/C18H17NO5/c19-17(18(22)23)15(9-16(20)21)24-12-5-6-14-11(8-12)7-10-3-1-2-4-13(10)14/h1-6,8,15,17H,7,9,19H2,(H,20,21)(H,22,23). The number of rotatable bonds is 6. The summed E-state index contributed by atoms with van der Waals surface area (Å²) in [6.07, 6.45) is -0.857. The molecular formula is C18H17NO5. The Bertz CT molecular complexity index is 802. The molecule has 3 rings (SSSR count). The minimum absolute atomic E-state index is 0.421. The number of carboxylic acid groups (broad SMARTS) is 2. The third kappa shape index (κ3) is 3.09. The minimum Gasteiger partial charge on any atom is -0.488 e. The van der Waals surface area contributed by atoms with Crippen LogP contribution in [0.5, 0.6) is 5.75 Å². The van der Waals surface area contributed by atoms with Gasteiger partial charge in [-0.3, -0.25) is 9.59 Å². The van der Waals surface area contributed by atoms with Crippen LogP contribution < -0.4 is 10.5 Å². The van der Waals surface area contributed by atoms with E-state index < -0.39 is 30.5 Å². The van der Waals surface area contributed by atoms with Crippen molar-refractivity contribution in [2.24, 2.45) is 5.73 Å². The summed E-state index contributed by atoms with van der Waals surface area (Å²) in [4.78, 5) is 22.0. The number of carbonyl (C=O) groups is 2. The van der Waals surface area contributed by atoms with Gasteiger partial charge >= 0.3 is 11.9 Å². The molecule has 2 atom stereocenters. The van der Waals surface area contributed by atoms with E-state index in [0.29, 0.717) is 5.75 Å². The normalized spacial score (nSPS) is 14.4. The summed E-state index contributed by atoms with van der Waals surface area (Å²) in [5.41, 5.74) is 10.1. The molecule has 0 aliphatic heterocycles. The van der Waals surface area contributed by atoms with E-state index in [-0.39, 0.29) is 0 Å². The summed E-state index contributed by atoms with van der Waals surface area (Å²) in [6.45, 7) is 0. The van der Waals surface area contributed by atoms with Crippen LogP contribution in [0, 0.1) is 0 Å². The Balaban J connectivity index is 1.84. The lowest BCUT2D eigenvalue weighted by Crippen LogP contribution is -2.46. The molecule has 0 spiro atoms. The molecule has 0 saturated heterocycles. The molecule has 0 heterocycles. The molecule has 1 aliphatic rings. The molecule has 0 amide bonds. The van der Waals surface area contributed by atoms with E-state index in [1.165, 1.54) is 11.1 Å². The molecule has 4 N–H and O–H groups in total. The smallest absolute Gasteiger partial charge is 0.324 e. The monoisotopic (exact) mass is 327 g/mol. The molecule has 24 heavy (non-hydrogen) atoms. The zero-order chi connectivity index (χ0) is 17.3.